The number of H-pyrrole nitrogens is 1. The first kappa shape index (κ1) is 13.1. The van der Waals surface area contributed by atoms with Crippen molar-refractivity contribution in [3.63, 3.8) is 0 Å². The van der Waals surface area contributed by atoms with Crippen LogP contribution in [0.25, 0.3) is 0 Å². The standard InChI is InChI=1S/C10H11F2NO4/c1-3-17-10(15)7-6(9(11)12)8(14)5(16-2)4-13-7/h4,9H,3H2,1-2H3,(H,13,14). The Kier molecular flexibility index (Phi) is 4.19. The van der Waals surface area contributed by atoms with Gasteiger partial charge in [0.15, 0.2) is 5.75 Å². The van der Waals surface area contributed by atoms with E-state index in [0.29, 0.717) is 0 Å². The molecule has 0 radical (unpaired) electrons. The Bertz CT molecular complexity index is 470. The van der Waals surface area contributed by atoms with Gasteiger partial charge in [0.05, 0.1) is 19.3 Å². The lowest BCUT2D eigenvalue weighted by Crippen LogP contribution is -2.20. The molecule has 5 nitrogen and oxygen atoms in total. The van der Waals surface area contributed by atoms with Crippen LogP contribution in [0.4, 0.5) is 8.78 Å². The lowest BCUT2D eigenvalue weighted by atomic mass is 10.2. The molecular weight excluding hydrogens is 236 g/mol. The summed E-state index contributed by atoms with van der Waals surface area (Å²) in [6.07, 6.45) is -2.05. The molecule has 0 saturated heterocycles. The molecule has 0 aliphatic carbocycles. The van der Waals surface area contributed by atoms with E-state index in [1.807, 2.05) is 0 Å². The van der Waals surface area contributed by atoms with E-state index >= 15 is 0 Å². The predicted octanol–water partition coefficient (Wildman–Crippen LogP) is 1.50. The van der Waals surface area contributed by atoms with Crippen molar-refractivity contribution in [1.82, 2.24) is 4.98 Å². The molecule has 0 fully saturated rings. The van der Waals surface area contributed by atoms with Gasteiger partial charge in [0.1, 0.15) is 5.69 Å². The molecule has 1 rings (SSSR count). The van der Waals surface area contributed by atoms with Crippen molar-refractivity contribution in [1.29, 1.82) is 0 Å². The summed E-state index contributed by atoms with van der Waals surface area (Å²) in [7, 11) is 1.17. The lowest BCUT2D eigenvalue weighted by Gasteiger charge is -2.09. The fraction of sp³-hybridized carbons (Fsp3) is 0.400. The normalized spacial score (nSPS) is 10.4. The summed E-state index contributed by atoms with van der Waals surface area (Å²) in [4.78, 5) is 25.2. The minimum Gasteiger partial charge on any atom is -0.491 e. The summed E-state index contributed by atoms with van der Waals surface area (Å²) in [5.41, 5.74) is -2.51. The monoisotopic (exact) mass is 247 g/mol. The molecule has 0 amide bonds. The highest BCUT2D eigenvalue weighted by atomic mass is 19.3. The molecule has 0 aliphatic heterocycles. The van der Waals surface area contributed by atoms with Gasteiger partial charge in [0, 0.05) is 6.20 Å². The maximum absolute atomic E-state index is 12.7. The van der Waals surface area contributed by atoms with Crippen LogP contribution in [0.3, 0.4) is 0 Å². The number of alkyl halides is 2. The van der Waals surface area contributed by atoms with Crippen molar-refractivity contribution < 1.29 is 23.0 Å². The first-order valence-electron chi connectivity index (χ1n) is 4.77. The van der Waals surface area contributed by atoms with E-state index in [2.05, 4.69) is 14.5 Å². The lowest BCUT2D eigenvalue weighted by molar-refractivity contribution is 0.0507. The van der Waals surface area contributed by atoms with Crippen molar-refractivity contribution in [2.24, 2.45) is 0 Å². The van der Waals surface area contributed by atoms with E-state index in [1.54, 1.807) is 0 Å². The molecule has 0 spiro atoms. The minimum absolute atomic E-state index is 0.0234. The van der Waals surface area contributed by atoms with Crippen molar-refractivity contribution >= 4 is 5.97 Å². The Morgan fingerprint density at radius 2 is 2.18 bits per heavy atom. The van der Waals surface area contributed by atoms with Crippen LogP contribution >= 0.6 is 0 Å². The number of methoxy groups -OCH3 is 1. The second kappa shape index (κ2) is 5.42. The first-order chi connectivity index (χ1) is 8.02. The topological polar surface area (TPSA) is 68.4 Å². The van der Waals surface area contributed by atoms with Crippen LogP contribution in [-0.2, 0) is 4.74 Å². The maximum atomic E-state index is 12.7. The largest absolute Gasteiger partial charge is 0.491 e. The summed E-state index contributed by atoms with van der Waals surface area (Å²) in [6, 6.07) is 0. The van der Waals surface area contributed by atoms with Crippen LogP contribution in [0.15, 0.2) is 11.0 Å². The van der Waals surface area contributed by atoms with E-state index in [0.717, 1.165) is 6.20 Å². The molecule has 1 aromatic rings. The number of hydrogen-bond donors (Lipinski definition) is 1. The van der Waals surface area contributed by atoms with Crippen LogP contribution in [-0.4, -0.2) is 24.7 Å². The smallest absolute Gasteiger partial charge is 0.355 e. The van der Waals surface area contributed by atoms with Gasteiger partial charge in [-0.2, -0.15) is 0 Å². The fourth-order valence-electron chi connectivity index (χ4n) is 1.26. The number of aromatic nitrogens is 1. The number of carbonyl (C=O) groups is 1. The Hall–Kier alpha value is -1.92. The molecular formula is C10H11F2NO4. The minimum atomic E-state index is -3.09. The molecule has 0 saturated carbocycles. The number of pyridine rings is 1. The van der Waals surface area contributed by atoms with Gasteiger partial charge in [-0.3, -0.25) is 4.79 Å². The van der Waals surface area contributed by atoms with E-state index in [1.165, 1.54) is 14.0 Å². The zero-order chi connectivity index (χ0) is 13.0. The van der Waals surface area contributed by atoms with Crippen LogP contribution in [0.1, 0.15) is 29.4 Å². The summed E-state index contributed by atoms with van der Waals surface area (Å²) in [6.45, 7) is 1.55. The van der Waals surface area contributed by atoms with Gasteiger partial charge in [-0.25, -0.2) is 13.6 Å². The van der Waals surface area contributed by atoms with Gasteiger partial charge >= 0.3 is 5.97 Å². The number of ether oxygens (including phenoxy) is 2. The number of hydrogen-bond acceptors (Lipinski definition) is 4. The zero-order valence-electron chi connectivity index (χ0n) is 9.25. The van der Waals surface area contributed by atoms with Crippen molar-refractivity contribution in [3.05, 3.63) is 27.7 Å². The molecule has 0 unspecified atom stereocenters. The molecule has 1 heterocycles. The third-order valence-electron chi connectivity index (χ3n) is 2.00. The molecule has 1 N–H and O–H groups in total. The van der Waals surface area contributed by atoms with Crippen LogP contribution in [0.2, 0.25) is 0 Å². The van der Waals surface area contributed by atoms with E-state index in [4.69, 9.17) is 0 Å². The SMILES string of the molecule is CCOC(=O)c1[nH]cc(OC)c(=O)c1C(F)F. The quantitative estimate of drug-likeness (QED) is 0.818. The summed E-state index contributed by atoms with van der Waals surface area (Å²) < 4.78 is 34.6. The number of nitrogens with one attached hydrogen (secondary N) is 1. The molecule has 1 aromatic heterocycles. The van der Waals surface area contributed by atoms with Crippen molar-refractivity contribution in [3.8, 4) is 5.75 Å². The molecule has 0 bridgehead atoms. The molecule has 0 aliphatic rings. The van der Waals surface area contributed by atoms with E-state index < -0.39 is 29.1 Å². The highest BCUT2D eigenvalue weighted by molar-refractivity contribution is 5.89. The number of halogens is 2. The van der Waals surface area contributed by atoms with E-state index in [9.17, 15) is 18.4 Å². The van der Waals surface area contributed by atoms with Crippen LogP contribution < -0.4 is 10.2 Å². The van der Waals surface area contributed by atoms with Gasteiger partial charge in [-0.15, -0.1) is 0 Å². The Labute approximate surface area is 95.4 Å². The van der Waals surface area contributed by atoms with Gasteiger partial charge < -0.3 is 14.5 Å². The Morgan fingerprint density at radius 3 is 2.65 bits per heavy atom. The molecule has 0 aromatic carbocycles. The third-order valence-corrected chi connectivity index (χ3v) is 2.00. The molecule has 17 heavy (non-hydrogen) atoms. The average molecular weight is 247 g/mol. The van der Waals surface area contributed by atoms with Crippen LogP contribution in [0, 0.1) is 0 Å². The van der Waals surface area contributed by atoms with E-state index in [-0.39, 0.29) is 12.4 Å². The number of esters is 1. The highest BCUT2D eigenvalue weighted by Crippen LogP contribution is 2.20. The molecule has 94 valence electrons. The first-order valence-corrected chi connectivity index (χ1v) is 4.77. The number of aromatic amines is 1. The van der Waals surface area contributed by atoms with Gasteiger partial charge in [-0.1, -0.05) is 0 Å². The third kappa shape index (κ3) is 2.61. The summed E-state index contributed by atoms with van der Waals surface area (Å²) in [5.74, 6) is -1.28. The molecule has 0 atom stereocenters. The van der Waals surface area contributed by atoms with Crippen molar-refractivity contribution in [2.45, 2.75) is 13.3 Å². The molecule has 7 heteroatoms. The Balaban J connectivity index is 3.36. The predicted molar refractivity (Wildman–Crippen MR) is 54.5 cm³/mol. The number of carbonyl (C=O) groups excluding carboxylic acids is 1. The van der Waals surface area contributed by atoms with Gasteiger partial charge in [-0.05, 0) is 6.92 Å². The van der Waals surface area contributed by atoms with Crippen molar-refractivity contribution in [2.75, 3.05) is 13.7 Å². The fourth-order valence-corrected chi connectivity index (χ4v) is 1.26. The maximum Gasteiger partial charge on any atom is 0.355 e. The second-order valence-corrected chi connectivity index (χ2v) is 3.00. The second-order valence-electron chi connectivity index (χ2n) is 3.00. The highest BCUT2D eigenvalue weighted by Gasteiger charge is 2.25. The summed E-state index contributed by atoms with van der Waals surface area (Å²) in [5, 5.41) is 0. The summed E-state index contributed by atoms with van der Waals surface area (Å²) >= 11 is 0. The Morgan fingerprint density at radius 1 is 1.53 bits per heavy atom. The number of rotatable bonds is 4. The van der Waals surface area contributed by atoms with Gasteiger partial charge in [0.25, 0.3) is 6.43 Å². The van der Waals surface area contributed by atoms with Crippen LogP contribution in [0.5, 0.6) is 5.75 Å². The van der Waals surface area contributed by atoms with Gasteiger partial charge in [0.2, 0.25) is 5.43 Å². The zero-order valence-corrected chi connectivity index (χ0v) is 9.25. The average Bonchev–Trinajstić information content (AvgIpc) is 2.28.